The van der Waals surface area contributed by atoms with E-state index in [0.717, 1.165) is 51.4 Å². The molecule has 0 aromatic rings. The number of esters is 1. The molecule has 0 aliphatic carbocycles. The number of aliphatic hydroxyl groups is 5. The molecule has 0 spiro atoms. The van der Waals surface area contributed by atoms with Crippen molar-refractivity contribution in [1.82, 2.24) is 5.32 Å². The second-order valence-corrected chi connectivity index (χ2v) is 26.4. The van der Waals surface area contributed by atoms with E-state index in [9.17, 15) is 35.1 Å². The molecule has 11 heteroatoms. The molecule has 1 aliphatic rings. The van der Waals surface area contributed by atoms with Crippen molar-refractivity contribution in [2.45, 2.75) is 429 Å². The molecule has 0 bridgehead atoms. The SMILES string of the molecule is CCCCCCCCC/C=C/C(O)C(COC1OC(CO)C(O)C(O)C1O)NC(=O)CCCCCCCCCCCCCCCCCCCCCCCCCCCCCCCCCCCCCCCOC(=O)CCCCCCCCCCCCC. The van der Waals surface area contributed by atoms with Crippen LogP contribution in [0.5, 0.6) is 0 Å². The van der Waals surface area contributed by atoms with Gasteiger partial charge in [-0.15, -0.1) is 0 Å². The summed E-state index contributed by atoms with van der Waals surface area (Å²) in [7, 11) is 0. The first-order chi connectivity index (χ1) is 41.7. The minimum atomic E-state index is -1.57. The first-order valence-corrected chi connectivity index (χ1v) is 37.5. The van der Waals surface area contributed by atoms with Crippen LogP contribution in [-0.2, 0) is 23.8 Å². The zero-order valence-corrected chi connectivity index (χ0v) is 56.1. The van der Waals surface area contributed by atoms with Crippen molar-refractivity contribution in [3.05, 3.63) is 12.2 Å². The van der Waals surface area contributed by atoms with Gasteiger partial charge >= 0.3 is 5.97 Å². The van der Waals surface area contributed by atoms with E-state index in [1.54, 1.807) is 6.08 Å². The number of allylic oxidation sites excluding steroid dienone is 1. The van der Waals surface area contributed by atoms with Gasteiger partial charge in [0.15, 0.2) is 6.29 Å². The zero-order valence-electron chi connectivity index (χ0n) is 56.1. The Hall–Kier alpha value is -1.60. The van der Waals surface area contributed by atoms with Gasteiger partial charge in [0.25, 0.3) is 0 Å². The van der Waals surface area contributed by atoms with E-state index in [0.29, 0.717) is 19.4 Å². The van der Waals surface area contributed by atoms with Crippen LogP contribution in [0.1, 0.15) is 386 Å². The van der Waals surface area contributed by atoms with E-state index < -0.39 is 49.5 Å². The molecule has 11 nitrogen and oxygen atoms in total. The lowest BCUT2D eigenvalue weighted by Crippen LogP contribution is -2.60. The van der Waals surface area contributed by atoms with Gasteiger partial charge in [-0.3, -0.25) is 9.59 Å². The number of aliphatic hydroxyl groups excluding tert-OH is 5. The van der Waals surface area contributed by atoms with E-state index in [4.69, 9.17) is 14.2 Å². The van der Waals surface area contributed by atoms with Crippen LogP contribution in [0.3, 0.4) is 0 Å². The molecule has 504 valence electrons. The van der Waals surface area contributed by atoms with E-state index in [2.05, 4.69) is 19.2 Å². The molecule has 7 unspecified atom stereocenters. The van der Waals surface area contributed by atoms with E-state index in [1.807, 2.05) is 6.08 Å². The standard InChI is InChI=1S/C74H143NO10/c1-3-5-7-9-11-13-41-46-50-54-58-62-70(79)83-63-59-55-51-47-43-40-38-36-34-32-30-28-26-24-22-20-18-16-14-15-17-19-21-23-25-27-29-31-33-35-37-39-42-45-49-53-57-61-69(78)75-66(67(77)60-56-52-48-44-12-10-8-6-4-2)65-84-74-73(82)72(81)71(80)68(64-76)85-74/h56,60,66-68,71-74,76-77,80-82H,3-55,57-59,61-65H2,1-2H3,(H,75,78)/b60-56+. The highest BCUT2D eigenvalue weighted by Crippen LogP contribution is 2.24. The quantitative estimate of drug-likeness (QED) is 0.0195. The van der Waals surface area contributed by atoms with Gasteiger partial charge in [0, 0.05) is 12.8 Å². The lowest BCUT2D eigenvalue weighted by Gasteiger charge is -2.40. The maximum absolute atomic E-state index is 13.0. The summed E-state index contributed by atoms with van der Waals surface area (Å²) in [6.45, 7) is 4.36. The highest BCUT2D eigenvalue weighted by atomic mass is 16.7. The summed E-state index contributed by atoms with van der Waals surface area (Å²) in [5.41, 5.74) is 0. The highest BCUT2D eigenvalue weighted by Gasteiger charge is 2.44. The van der Waals surface area contributed by atoms with Gasteiger partial charge in [-0.2, -0.15) is 0 Å². The fraction of sp³-hybridized carbons (Fsp3) is 0.946. The maximum atomic E-state index is 13.0. The average molecular weight is 1210 g/mol. The summed E-state index contributed by atoms with van der Waals surface area (Å²) in [5.74, 6) is -0.158. The Balaban J connectivity index is 1.86. The first-order valence-electron chi connectivity index (χ1n) is 37.5. The molecule has 1 amide bonds. The van der Waals surface area contributed by atoms with Crippen LogP contribution < -0.4 is 5.32 Å². The summed E-state index contributed by atoms with van der Waals surface area (Å²) in [6.07, 6.45) is 69.7. The molecule has 1 saturated heterocycles. The average Bonchev–Trinajstić information content (AvgIpc) is 3.34. The number of nitrogens with one attached hydrogen (secondary N) is 1. The largest absolute Gasteiger partial charge is 0.466 e. The number of carbonyl (C=O) groups is 2. The Morgan fingerprint density at radius 2 is 0.741 bits per heavy atom. The fourth-order valence-electron chi connectivity index (χ4n) is 12.3. The summed E-state index contributed by atoms with van der Waals surface area (Å²) in [6, 6.07) is -0.803. The summed E-state index contributed by atoms with van der Waals surface area (Å²) in [5, 5.41) is 54.3. The molecule has 1 rings (SSSR count). The Kier molecular flexibility index (Phi) is 61.2. The van der Waals surface area contributed by atoms with Crippen LogP contribution >= 0.6 is 0 Å². The van der Waals surface area contributed by atoms with E-state index in [1.165, 1.54) is 308 Å². The third-order valence-electron chi connectivity index (χ3n) is 18.2. The van der Waals surface area contributed by atoms with Crippen molar-refractivity contribution in [3.63, 3.8) is 0 Å². The molecule has 1 aliphatic heterocycles. The second kappa shape index (κ2) is 63.9. The minimum absolute atomic E-state index is 0.0176. The summed E-state index contributed by atoms with van der Waals surface area (Å²) in [4.78, 5) is 25.0. The van der Waals surface area contributed by atoms with Gasteiger partial charge in [-0.1, -0.05) is 353 Å². The van der Waals surface area contributed by atoms with Gasteiger partial charge in [0.1, 0.15) is 24.4 Å². The van der Waals surface area contributed by atoms with Crippen LogP contribution in [0.4, 0.5) is 0 Å². The molecular formula is C74H143NO10. The number of amides is 1. The van der Waals surface area contributed by atoms with Gasteiger partial charge in [0.2, 0.25) is 5.91 Å². The molecule has 0 aromatic heterocycles. The van der Waals surface area contributed by atoms with Gasteiger partial charge in [-0.05, 0) is 32.1 Å². The van der Waals surface area contributed by atoms with Crippen molar-refractivity contribution >= 4 is 11.9 Å². The van der Waals surface area contributed by atoms with E-state index >= 15 is 0 Å². The van der Waals surface area contributed by atoms with Crippen LogP contribution in [0.15, 0.2) is 12.2 Å². The number of hydrogen-bond acceptors (Lipinski definition) is 10. The molecule has 85 heavy (non-hydrogen) atoms. The molecule has 6 N–H and O–H groups in total. The van der Waals surface area contributed by atoms with Crippen molar-refractivity contribution < 1.29 is 49.3 Å². The molecule has 0 radical (unpaired) electrons. The Bertz CT molecular complexity index is 1420. The summed E-state index contributed by atoms with van der Waals surface area (Å²) >= 11 is 0. The predicted octanol–water partition coefficient (Wildman–Crippen LogP) is 19.4. The molecule has 1 heterocycles. The fourth-order valence-corrected chi connectivity index (χ4v) is 12.3. The number of hydrogen-bond donors (Lipinski definition) is 6. The van der Waals surface area contributed by atoms with Crippen molar-refractivity contribution in [1.29, 1.82) is 0 Å². The zero-order chi connectivity index (χ0) is 61.6. The number of rotatable bonds is 67. The van der Waals surface area contributed by atoms with Gasteiger partial charge in [-0.25, -0.2) is 0 Å². The Labute approximate surface area is 525 Å². The van der Waals surface area contributed by atoms with Crippen LogP contribution in [0.2, 0.25) is 0 Å². The predicted molar refractivity (Wildman–Crippen MR) is 357 cm³/mol. The maximum Gasteiger partial charge on any atom is 0.305 e. The highest BCUT2D eigenvalue weighted by molar-refractivity contribution is 5.76. The van der Waals surface area contributed by atoms with Crippen molar-refractivity contribution in [2.75, 3.05) is 19.8 Å². The Morgan fingerprint density at radius 1 is 0.424 bits per heavy atom. The molecule has 0 aromatic carbocycles. The lowest BCUT2D eigenvalue weighted by molar-refractivity contribution is -0.302. The van der Waals surface area contributed by atoms with Crippen LogP contribution in [0.25, 0.3) is 0 Å². The Morgan fingerprint density at radius 3 is 1.09 bits per heavy atom. The van der Waals surface area contributed by atoms with E-state index in [-0.39, 0.29) is 18.5 Å². The first kappa shape index (κ1) is 81.4. The normalized spacial score (nSPS) is 17.9. The van der Waals surface area contributed by atoms with Crippen molar-refractivity contribution in [2.24, 2.45) is 0 Å². The van der Waals surface area contributed by atoms with Gasteiger partial charge < -0.3 is 45.1 Å². The lowest BCUT2D eigenvalue weighted by atomic mass is 9.99. The number of carbonyl (C=O) groups excluding carboxylic acids is 2. The molecular weight excluding hydrogens is 1060 g/mol. The second-order valence-electron chi connectivity index (χ2n) is 26.4. The van der Waals surface area contributed by atoms with Crippen LogP contribution in [-0.4, -0.2) is 100 Å². The number of unbranched alkanes of at least 4 members (excludes halogenated alkanes) is 53. The monoisotopic (exact) mass is 1210 g/mol. The molecule has 0 saturated carbocycles. The van der Waals surface area contributed by atoms with Crippen molar-refractivity contribution in [3.8, 4) is 0 Å². The minimum Gasteiger partial charge on any atom is -0.466 e. The molecule has 7 atom stereocenters. The third-order valence-corrected chi connectivity index (χ3v) is 18.2. The summed E-state index contributed by atoms with van der Waals surface area (Å²) < 4.78 is 16.7. The van der Waals surface area contributed by atoms with Gasteiger partial charge in [0.05, 0.1) is 32.0 Å². The topological polar surface area (TPSA) is 175 Å². The molecule has 1 fully saturated rings. The number of ether oxygens (including phenoxy) is 3. The smallest absolute Gasteiger partial charge is 0.305 e. The van der Waals surface area contributed by atoms with Crippen LogP contribution in [0, 0.1) is 0 Å². The third kappa shape index (κ3) is 52.8.